The third-order valence-electron chi connectivity index (χ3n) is 4.55. The summed E-state index contributed by atoms with van der Waals surface area (Å²) in [6.45, 7) is 2.19. The van der Waals surface area contributed by atoms with E-state index >= 15 is 0 Å². The SMILES string of the molecule is COc1ccc(N2CCCNC2=O)cc1OCCC1CCC1. The quantitative estimate of drug-likeness (QED) is 0.878. The number of hydrogen-bond donors (Lipinski definition) is 1. The number of carbonyl (C=O) groups excluding carboxylic acids is 1. The number of hydrogen-bond acceptors (Lipinski definition) is 3. The summed E-state index contributed by atoms with van der Waals surface area (Å²) in [7, 11) is 1.64. The van der Waals surface area contributed by atoms with E-state index in [4.69, 9.17) is 9.47 Å². The summed E-state index contributed by atoms with van der Waals surface area (Å²) >= 11 is 0. The molecule has 0 spiro atoms. The molecule has 0 radical (unpaired) electrons. The third kappa shape index (κ3) is 3.29. The molecule has 0 unspecified atom stereocenters. The molecule has 0 aromatic heterocycles. The summed E-state index contributed by atoms with van der Waals surface area (Å²) in [6.07, 6.45) is 6.06. The zero-order valence-electron chi connectivity index (χ0n) is 13.1. The Balaban J connectivity index is 1.68. The molecule has 1 saturated carbocycles. The fourth-order valence-corrected chi connectivity index (χ4v) is 2.94. The molecule has 1 aromatic rings. The fourth-order valence-electron chi connectivity index (χ4n) is 2.94. The molecule has 120 valence electrons. The topological polar surface area (TPSA) is 50.8 Å². The minimum Gasteiger partial charge on any atom is -0.493 e. The maximum Gasteiger partial charge on any atom is 0.321 e. The van der Waals surface area contributed by atoms with Gasteiger partial charge >= 0.3 is 6.03 Å². The molecule has 2 amide bonds. The Morgan fingerprint density at radius 2 is 2.14 bits per heavy atom. The molecule has 2 fully saturated rings. The first-order valence-electron chi connectivity index (χ1n) is 8.14. The van der Waals surface area contributed by atoms with Crippen molar-refractivity contribution in [1.82, 2.24) is 5.32 Å². The standard InChI is InChI=1S/C17H24N2O3/c1-21-15-7-6-14(19-10-3-9-18-17(19)20)12-16(15)22-11-8-13-4-2-5-13/h6-7,12-13H,2-5,8-11H2,1H3,(H,18,20). The van der Waals surface area contributed by atoms with Gasteiger partial charge in [-0.25, -0.2) is 4.79 Å². The van der Waals surface area contributed by atoms with Gasteiger partial charge in [-0.15, -0.1) is 0 Å². The van der Waals surface area contributed by atoms with Crippen molar-refractivity contribution in [3.05, 3.63) is 18.2 Å². The first-order valence-corrected chi connectivity index (χ1v) is 8.14. The van der Waals surface area contributed by atoms with Crippen LogP contribution in [0.2, 0.25) is 0 Å². The average molecular weight is 304 g/mol. The van der Waals surface area contributed by atoms with Crippen LogP contribution in [-0.2, 0) is 0 Å². The van der Waals surface area contributed by atoms with Gasteiger partial charge in [0, 0.05) is 24.8 Å². The Hall–Kier alpha value is -1.91. The Labute approximate surface area is 131 Å². The van der Waals surface area contributed by atoms with Crippen LogP contribution in [0, 0.1) is 5.92 Å². The van der Waals surface area contributed by atoms with Crippen molar-refractivity contribution in [2.45, 2.75) is 32.1 Å². The van der Waals surface area contributed by atoms with Gasteiger partial charge in [0.1, 0.15) is 0 Å². The number of urea groups is 1. The Kier molecular flexibility index (Phi) is 4.71. The van der Waals surface area contributed by atoms with E-state index in [-0.39, 0.29) is 6.03 Å². The van der Waals surface area contributed by atoms with E-state index in [1.807, 2.05) is 18.2 Å². The van der Waals surface area contributed by atoms with Crippen LogP contribution in [-0.4, -0.2) is 32.8 Å². The summed E-state index contributed by atoms with van der Waals surface area (Å²) in [5.41, 5.74) is 0.858. The molecule has 2 aliphatic rings. The molecule has 1 heterocycles. The van der Waals surface area contributed by atoms with Crippen LogP contribution in [0.25, 0.3) is 0 Å². The Morgan fingerprint density at radius 1 is 1.27 bits per heavy atom. The maximum absolute atomic E-state index is 12.0. The number of amides is 2. The molecule has 5 heteroatoms. The van der Waals surface area contributed by atoms with Crippen LogP contribution in [0.4, 0.5) is 10.5 Å². The predicted molar refractivity (Wildman–Crippen MR) is 85.8 cm³/mol. The molecule has 0 atom stereocenters. The van der Waals surface area contributed by atoms with Crippen LogP contribution in [0.1, 0.15) is 32.1 Å². The largest absolute Gasteiger partial charge is 0.493 e. The molecule has 3 rings (SSSR count). The number of ether oxygens (including phenoxy) is 2. The lowest BCUT2D eigenvalue weighted by Crippen LogP contribution is -2.46. The molecule has 1 aromatic carbocycles. The number of anilines is 1. The smallest absolute Gasteiger partial charge is 0.321 e. The van der Waals surface area contributed by atoms with Gasteiger partial charge in [0.2, 0.25) is 0 Å². The number of rotatable bonds is 6. The van der Waals surface area contributed by atoms with Crippen molar-refractivity contribution in [2.75, 3.05) is 31.7 Å². The highest BCUT2D eigenvalue weighted by molar-refractivity contribution is 5.93. The van der Waals surface area contributed by atoms with Crippen LogP contribution in [0.3, 0.4) is 0 Å². The number of benzene rings is 1. The lowest BCUT2D eigenvalue weighted by molar-refractivity contribution is 0.216. The van der Waals surface area contributed by atoms with E-state index < -0.39 is 0 Å². The zero-order valence-corrected chi connectivity index (χ0v) is 13.1. The van der Waals surface area contributed by atoms with Gasteiger partial charge in [0.15, 0.2) is 11.5 Å². The van der Waals surface area contributed by atoms with Gasteiger partial charge in [0.25, 0.3) is 0 Å². The van der Waals surface area contributed by atoms with Crippen molar-refractivity contribution in [2.24, 2.45) is 5.92 Å². The Bertz CT molecular complexity index is 529. The first kappa shape index (κ1) is 15.0. The minimum atomic E-state index is -0.0446. The van der Waals surface area contributed by atoms with Gasteiger partial charge in [-0.2, -0.15) is 0 Å². The molecule has 1 aliphatic heterocycles. The summed E-state index contributed by atoms with van der Waals surface area (Å²) < 4.78 is 11.3. The lowest BCUT2D eigenvalue weighted by Gasteiger charge is -2.28. The van der Waals surface area contributed by atoms with Crippen LogP contribution < -0.4 is 19.7 Å². The summed E-state index contributed by atoms with van der Waals surface area (Å²) in [4.78, 5) is 13.7. The van der Waals surface area contributed by atoms with Gasteiger partial charge < -0.3 is 14.8 Å². The van der Waals surface area contributed by atoms with Crippen molar-refractivity contribution < 1.29 is 14.3 Å². The van der Waals surface area contributed by atoms with Crippen LogP contribution in [0.5, 0.6) is 11.5 Å². The maximum atomic E-state index is 12.0. The summed E-state index contributed by atoms with van der Waals surface area (Å²) in [5, 5.41) is 2.87. The summed E-state index contributed by atoms with van der Waals surface area (Å²) in [5.74, 6) is 2.26. The van der Waals surface area contributed by atoms with Gasteiger partial charge in [-0.3, -0.25) is 4.90 Å². The Morgan fingerprint density at radius 3 is 2.82 bits per heavy atom. The van der Waals surface area contributed by atoms with Gasteiger partial charge in [-0.05, 0) is 30.9 Å². The molecular formula is C17H24N2O3. The van der Waals surface area contributed by atoms with Gasteiger partial charge in [-0.1, -0.05) is 19.3 Å². The van der Waals surface area contributed by atoms with Crippen molar-refractivity contribution >= 4 is 11.7 Å². The number of methoxy groups -OCH3 is 1. The second-order valence-corrected chi connectivity index (χ2v) is 6.01. The molecule has 22 heavy (non-hydrogen) atoms. The van der Waals surface area contributed by atoms with Crippen molar-refractivity contribution in [3.63, 3.8) is 0 Å². The van der Waals surface area contributed by atoms with Crippen molar-refractivity contribution in [3.8, 4) is 11.5 Å². The molecular weight excluding hydrogens is 280 g/mol. The van der Waals surface area contributed by atoms with Crippen molar-refractivity contribution in [1.29, 1.82) is 0 Å². The minimum absolute atomic E-state index is 0.0446. The van der Waals surface area contributed by atoms with E-state index in [0.717, 1.165) is 49.0 Å². The normalized spacial score (nSPS) is 18.6. The monoisotopic (exact) mass is 304 g/mol. The highest BCUT2D eigenvalue weighted by Gasteiger charge is 2.21. The van der Waals surface area contributed by atoms with E-state index in [0.29, 0.717) is 6.61 Å². The highest BCUT2D eigenvalue weighted by Crippen LogP contribution is 2.34. The second-order valence-electron chi connectivity index (χ2n) is 6.01. The van der Waals surface area contributed by atoms with E-state index in [1.165, 1.54) is 19.3 Å². The number of nitrogens with zero attached hydrogens (tertiary/aromatic N) is 1. The predicted octanol–water partition coefficient (Wildman–Crippen LogP) is 3.18. The lowest BCUT2D eigenvalue weighted by atomic mass is 9.83. The fraction of sp³-hybridized carbons (Fsp3) is 0.588. The molecule has 5 nitrogen and oxygen atoms in total. The average Bonchev–Trinajstić information content (AvgIpc) is 2.50. The van der Waals surface area contributed by atoms with Crippen LogP contribution in [0.15, 0.2) is 18.2 Å². The molecule has 1 N–H and O–H groups in total. The van der Waals surface area contributed by atoms with Gasteiger partial charge in [0.05, 0.1) is 13.7 Å². The molecule has 1 saturated heterocycles. The van der Waals surface area contributed by atoms with E-state index in [2.05, 4.69) is 5.32 Å². The highest BCUT2D eigenvalue weighted by atomic mass is 16.5. The zero-order chi connectivity index (χ0) is 15.4. The summed E-state index contributed by atoms with van der Waals surface area (Å²) in [6, 6.07) is 5.64. The number of carbonyl (C=O) groups is 1. The first-order chi connectivity index (χ1) is 10.8. The molecule has 1 aliphatic carbocycles. The van der Waals surface area contributed by atoms with E-state index in [9.17, 15) is 4.79 Å². The van der Waals surface area contributed by atoms with Crippen LogP contribution >= 0.6 is 0 Å². The number of nitrogens with one attached hydrogen (secondary N) is 1. The molecule has 0 bridgehead atoms. The second kappa shape index (κ2) is 6.90. The van der Waals surface area contributed by atoms with E-state index in [1.54, 1.807) is 12.0 Å². The third-order valence-corrected chi connectivity index (χ3v) is 4.55.